The third-order valence-corrected chi connectivity index (χ3v) is 3.42. The number of carbonyl (C=O) groups is 1. The highest BCUT2D eigenvalue weighted by molar-refractivity contribution is 6.41. The van der Waals surface area contributed by atoms with Crippen molar-refractivity contribution in [3.8, 4) is 0 Å². The molecule has 0 saturated heterocycles. The molecule has 0 aliphatic carbocycles. The minimum absolute atomic E-state index is 0.307. The molecular formula is C14H19N5O. The lowest BCUT2D eigenvalue weighted by Gasteiger charge is -2.31. The van der Waals surface area contributed by atoms with E-state index in [1.165, 1.54) is 0 Å². The fraction of sp³-hybridized carbons (Fsp3) is 0.429. The number of amides is 1. The van der Waals surface area contributed by atoms with Crippen molar-refractivity contribution in [2.45, 2.75) is 39.4 Å². The normalized spacial score (nSPS) is 25.8. The molecule has 6 heteroatoms. The fourth-order valence-electron chi connectivity index (χ4n) is 1.96. The summed E-state index contributed by atoms with van der Waals surface area (Å²) < 4.78 is 0. The number of aliphatic imine (C=N–C) groups is 2. The summed E-state index contributed by atoms with van der Waals surface area (Å²) in [7, 11) is 0. The van der Waals surface area contributed by atoms with Crippen LogP contribution in [0, 0.1) is 6.92 Å². The van der Waals surface area contributed by atoms with Crippen LogP contribution in [0.25, 0.3) is 0 Å². The monoisotopic (exact) mass is 273 g/mol. The predicted molar refractivity (Wildman–Crippen MR) is 80.2 cm³/mol. The maximum atomic E-state index is 12.5. The molecule has 2 heterocycles. The van der Waals surface area contributed by atoms with Crippen LogP contribution in [0.15, 0.2) is 28.2 Å². The Labute approximate surface area is 118 Å². The van der Waals surface area contributed by atoms with Crippen molar-refractivity contribution in [2.75, 3.05) is 5.32 Å². The largest absolute Gasteiger partial charge is 0.308 e. The van der Waals surface area contributed by atoms with Gasteiger partial charge in [-0.1, -0.05) is 6.07 Å². The average Bonchev–Trinajstić information content (AvgIpc) is 2.36. The Balaban J connectivity index is 2.25. The van der Waals surface area contributed by atoms with E-state index in [4.69, 9.17) is 5.73 Å². The Morgan fingerprint density at radius 2 is 2.00 bits per heavy atom. The summed E-state index contributed by atoms with van der Waals surface area (Å²) in [5.74, 6) is 0.182. The molecule has 0 fully saturated rings. The van der Waals surface area contributed by atoms with Gasteiger partial charge in [-0.3, -0.25) is 14.8 Å². The molecule has 1 amide bonds. The van der Waals surface area contributed by atoms with Gasteiger partial charge in [-0.2, -0.15) is 0 Å². The third-order valence-electron chi connectivity index (χ3n) is 3.42. The summed E-state index contributed by atoms with van der Waals surface area (Å²) in [6.45, 7) is 7.20. The van der Waals surface area contributed by atoms with E-state index in [1.807, 2.05) is 32.9 Å². The minimum Gasteiger partial charge on any atom is -0.308 e. The molecule has 0 radical (unpaired) electrons. The molecule has 1 aromatic heterocycles. The van der Waals surface area contributed by atoms with Gasteiger partial charge in [-0.05, 0) is 39.8 Å². The molecule has 1 aliphatic rings. The Morgan fingerprint density at radius 1 is 1.30 bits per heavy atom. The second-order valence-electron chi connectivity index (χ2n) is 5.12. The summed E-state index contributed by atoms with van der Waals surface area (Å²) in [6.07, 6.45) is -0.698. The molecule has 0 bridgehead atoms. The van der Waals surface area contributed by atoms with Crippen molar-refractivity contribution in [1.29, 1.82) is 0 Å². The summed E-state index contributed by atoms with van der Waals surface area (Å²) in [5.41, 5.74) is 7.17. The number of nitrogens with two attached hydrogens (primary N) is 1. The topological polar surface area (TPSA) is 92.7 Å². The predicted octanol–water partition coefficient (Wildman–Crippen LogP) is 1.31. The van der Waals surface area contributed by atoms with Gasteiger partial charge < -0.3 is 11.1 Å². The van der Waals surface area contributed by atoms with Crippen LogP contribution >= 0.6 is 0 Å². The molecule has 20 heavy (non-hydrogen) atoms. The highest BCUT2D eigenvalue weighted by Crippen LogP contribution is 2.22. The summed E-state index contributed by atoms with van der Waals surface area (Å²) in [6, 6.07) is 5.42. The Bertz CT molecular complexity index is 607. The van der Waals surface area contributed by atoms with Crippen LogP contribution in [-0.2, 0) is 4.79 Å². The Morgan fingerprint density at radius 3 is 2.65 bits per heavy atom. The quantitative estimate of drug-likeness (QED) is 0.850. The zero-order valence-electron chi connectivity index (χ0n) is 12.1. The van der Waals surface area contributed by atoms with Gasteiger partial charge in [0.2, 0.25) is 0 Å². The number of nitrogens with one attached hydrogen (secondary N) is 1. The van der Waals surface area contributed by atoms with Crippen LogP contribution in [0.1, 0.15) is 26.5 Å². The molecule has 0 aromatic carbocycles. The molecule has 2 rings (SSSR count). The number of hydrogen-bond donors (Lipinski definition) is 2. The summed E-state index contributed by atoms with van der Waals surface area (Å²) in [5, 5.41) is 2.75. The maximum absolute atomic E-state index is 12.5. The first-order valence-corrected chi connectivity index (χ1v) is 6.45. The summed E-state index contributed by atoms with van der Waals surface area (Å²) >= 11 is 0. The third kappa shape index (κ3) is 2.60. The van der Waals surface area contributed by atoms with E-state index in [-0.39, 0.29) is 5.91 Å². The lowest BCUT2D eigenvalue weighted by atomic mass is 9.95. The molecule has 1 aromatic rings. The van der Waals surface area contributed by atoms with Crippen molar-refractivity contribution in [2.24, 2.45) is 15.7 Å². The highest BCUT2D eigenvalue weighted by Gasteiger charge is 2.42. The molecule has 0 saturated carbocycles. The van der Waals surface area contributed by atoms with Gasteiger partial charge >= 0.3 is 0 Å². The summed E-state index contributed by atoms with van der Waals surface area (Å²) in [4.78, 5) is 25.4. The SMILES string of the molecule is CC1=NC(N)C(C)(C(=O)Nc2cccc(C)n2)N=C1C. The van der Waals surface area contributed by atoms with Crippen LogP contribution in [-0.4, -0.2) is 34.0 Å². The van der Waals surface area contributed by atoms with Crippen molar-refractivity contribution in [1.82, 2.24) is 4.98 Å². The Kier molecular flexibility index (Phi) is 3.67. The Hall–Kier alpha value is -2.08. The van der Waals surface area contributed by atoms with Crippen molar-refractivity contribution in [3.63, 3.8) is 0 Å². The number of aromatic nitrogens is 1. The maximum Gasteiger partial charge on any atom is 0.256 e. The van der Waals surface area contributed by atoms with E-state index < -0.39 is 11.7 Å². The lowest BCUT2D eigenvalue weighted by Crippen LogP contribution is -2.55. The van der Waals surface area contributed by atoms with Crippen LogP contribution < -0.4 is 11.1 Å². The number of pyridine rings is 1. The first kappa shape index (κ1) is 14.3. The zero-order chi connectivity index (χ0) is 14.9. The number of aryl methyl sites for hydroxylation is 1. The van der Waals surface area contributed by atoms with E-state index in [0.29, 0.717) is 5.82 Å². The highest BCUT2D eigenvalue weighted by atomic mass is 16.2. The molecule has 2 atom stereocenters. The second-order valence-corrected chi connectivity index (χ2v) is 5.12. The standard InChI is InChI=1S/C14H19N5O/c1-8-6-5-7-11(16-8)18-13(20)14(4)12(15)17-9(2)10(3)19-14/h5-7,12H,15H2,1-4H3,(H,16,18,20). The molecule has 1 aliphatic heterocycles. The van der Waals surface area contributed by atoms with Crippen molar-refractivity contribution >= 4 is 23.1 Å². The fourth-order valence-corrected chi connectivity index (χ4v) is 1.96. The first-order valence-electron chi connectivity index (χ1n) is 6.45. The number of anilines is 1. The molecular weight excluding hydrogens is 254 g/mol. The second kappa shape index (κ2) is 5.13. The van der Waals surface area contributed by atoms with Crippen LogP contribution in [0.5, 0.6) is 0 Å². The molecule has 0 spiro atoms. The van der Waals surface area contributed by atoms with Gasteiger partial charge in [0.1, 0.15) is 12.0 Å². The van der Waals surface area contributed by atoms with Gasteiger partial charge in [0, 0.05) is 5.69 Å². The smallest absolute Gasteiger partial charge is 0.256 e. The molecule has 106 valence electrons. The number of rotatable bonds is 2. The number of nitrogens with zero attached hydrogens (tertiary/aromatic N) is 3. The van der Waals surface area contributed by atoms with Gasteiger partial charge in [0.25, 0.3) is 5.91 Å². The molecule has 3 N–H and O–H groups in total. The van der Waals surface area contributed by atoms with Crippen LogP contribution in [0.4, 0.5) is 5.82 Å². The molecule has 2 unspecified atom stereocenters. The minimum atomic E-state index is -1.12. The average molecular weight is 273 g/mol. The zero-order valence-corrected chi connectivity index (χ0v) is 12.1. The number of carbonyl (C=O) groups excluding carboxylic acids is 1. The van der Waals surface area contributed by atoms with Gasteiger partial charge in [0.15, 0.2) is 5.54 Å². The van der Waals surface area contributed by atoms with Gasteiger partial charge in [0.05, 0.1) is 11.4 Å². The van der Waals surface area contributed by atoms with E-state index in [1.54, 1.807) is 13.0 Å². The molecule has 6 nitrogen and oxygen atoms in total. The lowest BCUT2D eigenvalue weighted by molar-refractivity contribution is -0.121. The number of hydrogen-bond acceptors (Lipinski definition) is 5. The van der Waals surface area contributed by atoms with Crippen molar-refractivity contribution in [3.05, 3.63) is 23.9 Å². The van der Waals surface area contributed by atoms with Crippen molar-refractivity contribution < 1.29 is 4.79 Å². The van der Waals surface area contributed by atoms with E-state index in [9.17, 15) is 4.79 Å². The van der Waals surface area contributed by atoms with Gasteiger partial charge in [-0.25, -0.2) is 4.98 Å². The van der Waals surface area contributed by atoms with Crippen LogP contribution in [0.2, 0.25) is 0 Å². The van der Waals surface area contributed by atoms with E-state index in [0.717, 1.165) is 17.1 Å². The van der Waals surface area contributed by atoms with E-state index in [2.05, 4.69) is 20.3 Å². The van der Waals surface area contributed by atoms with E-state index >= 15 is 0 Å². The van der Waals surface area contributed by atoms with Gasteiger partial charge in [-0.15, -0.1) is 0 Å². The van der Waals surface area contributed by atoms with Crippen LogP contribution in [0.3, 0.4) is 0 Å². The first-order chi connectivity index (χ1) is 9.33.